The molecule has 0 unspecified atom stereocenters. The van der Waals surface area contributed by atoms with Gasteiger partial charge in [0.25, 0.3) is 5.69 Å². The molecular formula is C12H10Br2N2O2S. The molecule has 0 spiro atoms. The van der Waals surface area contributed by atoms with Crippen molar-refractivity contribution in [2.24, 2.45) is 0 Å². The topological polar surface area (TPSA) is 55.2 Å². The summed E-state index contributed by atoms with van der Waals surface area (Å²) in [6, 6.07) is 9.12. The first-order valence-corrected chi connectivity index (χ1v) is 7.84. The van der Waals surface area contributed by atoms with Crippen molar-refractivity contribution in [1.29, 1.82) is 0 Å². The maximum absolute atomic E-state index is 11.0. The molecular weight excluding hydrogens is 396 g/mol. The summed E-state index contributed by atoms with van der Waals surface area (Å²) in [7, 11) is 0. The molecule has 4 nitrogen and oxygen atoms in total. The van der Waals surface area contributed by atoms with Gasteiger partial charge in [0.2, 0.25) is 0 Å². The Kier molecular flexibility index (Phi) is 5.09. The van der Waals surface area contributed by atoms with Gasteiger partial charge in [-0.25, -0.2) is 0 Å². The average Bonchev–Trinajstić information content (AvgIpc) is 2.77. The summed E-state index contributed by atoms with van der Waals surface area (Å²) in [6.45, 7) is 1.17. The van der Waals surface area contributed by atoms with Gasteiger partial charge in [0.05, 0.1) is 8.71 Å². The lowest BCUT2D eigenvalue weighted by Gasteiger charge is -2.05. The molecule has 1 aromatic heterocycles. The Bertz CT molecular complexity index is 601. The molecule has 0 saturated heterocycles. The predicted octanol–water partition coefficient (Wildman–Crippen LogP) is 4.47. The number of nitrogens with one attached hydrogen (secondary N) is 1. The largest absolute Gasteiger partial charge is 0.308 e. The third kappa shape index (κ3) is 4.10. The number of benzene rings is 1. The molecule has 1 heterocycles. The molecule has 0 fully saturated rings. The van der Waals surface area contributed by atoms with E-state index >= 15 is 0 Å². The Hall–Kier alpha value is -0.760. The molecule has 1 N–H and O–H groups in total. The summed E-state index contributed by atoms with van der Waals surface area (Å²) in [5, 5.41) is 14.2. The van der Waals surface area contributed by atoms with Gasteiger partial charge in [-0.2, -0.15) is 0 Å². The number of thiophene rings is 1. The van der Waals surface area contributed by atoms with Crippen LogP contribution in [0.3, 0.4) is 0 Å². The zero-order valence-electron chi connectivity index (χ0n) is 9.73. The maximum Gasteiger partial charge on any atom is 0.275 e. The molecule has 0 atom stereocenters. The van der Waals surface area contributed by atoms with Crippen molar-refractivity contribution in [2.45, 2.75) is 13.1 Å². The zero-order chi connectivity index (χ0) is 13.8. The fourth-order valence-electron chi connectivity index (χ4n) is 1.62. The molecule has 0 aliphatic heterocycles. The van der Waals surface area contributed by atoms with E-state index in [4.69, 9.17) is 0 Å². The predicted molar refractivity (Wildman–Crippen MR) is 83.4 cm³/mol. The summed E-state index contributed by atoms with van der Waals surface area (Å²) in [5.41, 5.74) is 0.818. The van der Waals surface area contributed by atoms with Crippen molar-refractivity contribution in [1.82, 2.24) is 5.32 Å². The van der Waals surface area contributed by atoms with Crippen LogP contribution in [0, 0.1) is 10.1 Å². The fourth-order valence-corrected chi connectivity index (χ4v) is 3.43. The third-order valence-corrected chi connectivity index (χ3v) is 4.60. The highest BCUT2D eigenvalue weighted by atomic mass is 79.9. The first kappa shape index (κ1) is 14.6. The van der Waals surface area contributed by atoms with E-state index < -0.39 is 0 Å². The maximum atomic E-state index is 11.0. The molecule has 0 amide bonds. The van der Waals surface area contributed by atoms with E-state index in [0.29, 0.717) is 23.1 Å². The van der Waals surface area contributed by atoms with Crippen LogP contribution in [-0.4, -0.2) is 4.92 Å². The van der Waals surface area contributed by atoms with E-state index in [1.54, 1.807) is 17.4 Å². The van der Waals surface area contributed by atoms with Crippen LogP contribution in [0.2, 0.25) is 0 Å². The Balaban J connectivity index is 2.01. The van der Waals surface area contributed by atoms with Crippen LogP contribution in [0.5, 0.6) is 0 Å². The summed E-state index contributed by atoms with van der Waals surface area (Å²) in [5.74, 6) is 0. The van der Waals surface area contributed by atoms with Gasteiger partial charge >= 0.3 is 0 Å². The van der Waals surface area contributed by atoms with E-state index in [-0.39, 0.29) is 10.6 Å². The van der Waals surface area contributed by atoms with Gasteiger partial charge in [-0.15, -0.1) is 11.3 Å². The minimum atomic E-state index is -0.358. The van der Waals surface area contributed by atoms with Gasteiger partial charge in [0.1, 0.15) is 0 Å². The number of nitro groups is 1. The minimum absolute atomic E-state index is 0.134. The Morgan fingerprint density at radius 3 is 2.63 bits per heavy atom. The van der Waals surface area contributed by atoms with Gasteiger partial charge < -0.3 is 5.32 Å². The normalized spacial score (nSPS) is 10.6. The van der Waals surface area contributed by atoms with Crippen molar-refractivity contribution >= 4 is 48.9 Å². The molecule has 0 saturated carbocycles. The van der Waals surface area contributed by atoms with E-state index in [0.717, 1.165) is 3.79 Å². The summed E-state index contributed by atoms with van der Waals surface area (Å²) >= 11 is 8.30. The molecule has 2 aromatic rings. The average molecular weight is 406 g/mol. The van der Waals surface area contributed by atoms with Crippen LogP contribution in [-0.2, 0) is 13.1 Å². The minimum Gasteiger partial charge on any atom is -0.308 e. The zero-order valence-corrected chi connectivity index (χ0v) is 13.7. The first-order valence-electron chi connectivity index (χ1n) is 5.44. The highest BCUT2D eigenvalue weighted by Gasteiger charge is 2.13. The Morgan fingerprint density at radius 1 is 1.21 bits per heavy atom. The number of hydrogen-bond donors (Lipinski definition) is 1. The van der Waals surface area contributed by atoms with E-state index in [1.807, 2.05) is 18.2 Å². The molecule has 0 aliphatic carbocycles. The Morgan fingerprint density at radius 2 is 2.00 bits per heavy atom. The highest BCUT2D eigenvalue weighted by Crippen LogP contribution is 2.24. The summed E-state index contributed by atoms with van der Waals surface area (Å²) in [4.78, 5) is 11.8. The van der Waals surface area contributed by atoms with Crippen molar-refractivity contribution in [3.8, 4) is 0 Å². The molecule has 100 valence electrons. The molecule has 19 heavy (non-hydrogen) atoms. The molecule has 0 radical (unpaired) electrons. The van der Waals surface area contributed by atoms with Gasteiger partial charge in [-0.05, 0) is 40.2 Å². The van der Waals surface area contributed by atoms with Crippen LogP contribution >= 0.6 is 43.2 Å². The van der Waals surface area contributed by atoms with Gasteiger partial charge in [0, 0.05) is 34.1 Å². The van der Waals surface area contributed by atoms with Crippen molar-refractivity contribution in [3.63, 3.8) is 0 Å². The number of hydrogen-bond acceptors (Lipinski definition) is 4. The van der Waals surface area contributed by atoms with Crippen molar-refractivity contribution in [2.75, 3.05) is 0 Å². The second kappa shape index (κ2) is 6.60. The van der Waals surface area contributed by atoms with Gasteiger partial charge in [-0.3, -0.25) is 10.1 Å². The summed E-state index contributed by atoms with van der Waals surface area (Å²) < 4.78 is 1.80. The molecule has 0 aliphatic rings. The quantitative estimate of drug-likeness (QED) is 0.589. The molecule has 7 heteroatoms. The van der Waals surface area contributed by atoms with E-state index in [2.05, 4.69) is 37.2 Å². The summed E-state index contributed by atoms with van der Waals surface area (Å²) in [6.07, 6.45) is 0. The number of halogens is 2. The van der Waals surface area contributed by atoms with Crippen LogP contribution < -0.4 is 5.32 Å². The number of rotatable bonds is 5. The van der Waals surface area contributed by atoms with Crippen LogP contribution in [0.4, 0.5) is 5.69 Å². The standard InChI is InChI=1S/C12H10Br2N2O2S/c13-9-2-1-8(11(5-9)16(17)18)6-15-7-10-3-4-12(14)19-10/h1-5,15H,6-7H2. The Labute approximate surface area is 131 Å². The molecule has 0 bridgehead atoms. The number of nitro benzene ring substituents is 1. The SMILES string of the molecule is O=[N+]([O-])c1cc(Br)ccc1CNCc1ccc(Br)s1. The van der Waals surface area contributed by atoms with Gasteiger partial charge in [-0.1, -0.05) is 15.9 Å². The van der Waals surface area contributed by atoms with Crippen molar-refractivity contribution < 1.29 is 4.92 Å². The molecule has 1 aromatic carbocycles. The van der Waals surface area contributed by atoms with E-state index in [1.165, 1.54) is 10.9 Å². The van der Waals surface area contributed by atoms with Crippen LogP contribution in [0.25, 0.3) is 0 Å². The van der Waals surface area contributed by atoms with Crippen molar-refractivity contribution in [3.05, 3.63) is 59.1 Å². The second-order valence-corrected chi connectivity index (χ2v) is 7.30. The third-order valence-electron chi connectivity index (χ3n) is 2.49. The second-order valence-electron chi connectivity index (χ2n) is 3.84. The number of nitrogens with zero attached hydrogens (tertiary/aromatic N) is 1. The lowest BCUT2D eigenvalue weighted by Crippen LogP contribution is -2.13. The lowest BCUT2D eigenvalue weighted by molar-refractivity contribution is -0.385. The monoisotopic (exact) mass is 404 g/mol. The lowest BCUT2D eigenvalue weighted by atomic mass is 10.2. The smallest absolute Gasteiger partial charge is 0.275 e. The van der Waals surface area contributed by atoms with E-state index in [9.17, 15) is 10.1 Å². The van der Waals surface area contributed by atoms with Gasteiger partial charge in [0.15, 0.2) is 0 Å². The van der Waals surface area contributed by atoms with Crippen LogP contribution in [0.1, 0.15) is 10.4 Å². The first-order chi connectivity index (χ1) is 9.06. The fraction of sp³-hybridized carbons (Fsp3) is 0.167. The highest BCUT2D eigenvalue weighted by molar-refractivity contribution is 9.11. The molecule has 2 rings (SSSR count). The van der Waals surface area contributed by atoms with Crippen LogP contribution in [0.15, 0.2) is 38.6 Å².